The molecule has 0 atom stereocenters. The number of hydrogen-bond acceptors (Lipinski definition) is 6. The summed E-state index contributed by atoms with van der Waals surface area (Å²) in [7, 11) is 1.77. The smallest absolute Gasteiger partial charge is 0.163 e. The van der Waals surface area contributed by atoms with Gasteiger partial charge in [-0.05, 0) is 36.4 Å². The predicted octanol–water partition coefficient (Wildman–Crippen LogP) is 4.97. The molecule has 0 saturated heterocycles. The van der Waals surface area contributed by atoms with E-state index in [0.717, 1.165) is 5.82 Å². The zero-order valence-electron chi connectivity index (χ0n) is 16.7. The van der Waals surface area contributed by atoms with Gasteiger partial charge < -0.3 is 21.4 Å². The van der Waals surface area contributed by atoms with E-state index in [-0.39, 0.29) is 5.82 Å². The molecule has 0 fully saturated rings. The molecule has 1 heterocycles. The third-order valence-electron chi connectivity index (χ3n) is 4.31. The van der Waals surface area contributed by atoms with Crippen molar-refractivity contribution in [3.05, 3.63) is 76.3 Å². The molecule has 0 spiro atoms. The molecule has 3 rings (SSSR count). The molecule has 31 heavy (non-hydrogen) atoms. The number of anilines is 1. The van der Waals surface area contributed by atoms with Crippen molar-refractivity contribution in [2.75, 3.05) is 25.5 Å². The molecule has 4 N–H and O–H groups in total. The fourth-order valence-electron chi connectivity index (χ4n) is 2.84. The standard InChI is InChI=1S/C22H21Cl2FN6/c1-27-20(8-9-26)28-10-11-29-21-13-19(16-4-2-3-5-18(16)25)30-22(31-21)15-7-6-14(23)12-17(15)24/h2-9,12-13,26-28H,10-11H2,1H3,(H,29,30,31)/b20-8+,26-9?. The van der Waals surface area contributed by atoms with E-state index in [0.29, 0.717) is 51.6 Å². The van der Waals surface area contributed by atoms with Gasteiger partial charge in [0.1, 0.15) is 11.6 Å². The molecule has 3 aromatic rings. The maximum absolute atomic E-state index is 14.4. The highest BCUT2D eigenvalue weighted by Gasteiger charge is 2.14. The molecule has 0 bridgehead atoms. The normalized spacial score (nSPS) is 11.2. The fraction of sp³-hybridized carbons (Fsp3) is 0.136. The summed E-state index contributed by atoms with van der Waals surface area (Å²) in [4.78, 5) is 9.10. The van der Waals surface area contributed by atoms with E-state index >= 15 is 0 Å². The van der Waals surface area contributed by atoms with Crippen LogP contribution in [-0.4, -0.2) is 36.3 Å². The Bertz CT molecular complexity index is 1100. The molecule has 0 aliphatic rings. The number of nitrogens with one attached hydrogen (secondary N) is 4. The third-order valence-corrected chi connectivity index (χ3v) is 4.86. The highest BCUT2D eigenvalue weighted by Crippen LogP contribution is 2.31. The fourth-order valence-corrected chi connectivity index (χ4v) is 3.33. The van der Waals surface area contributed by atoms with Gasteiger partial charge in [-0.3, -0.25) is 0 Å². The molecule has 0 unspecified atom stereocenters. The molecule has 1 aromatic heterocycles. The van der Waals surface area contributed by atoms with Crippen LogP contribution < -0.4 is 16.0 Å². The van der Waals surface area contributed by atoms with E-state index in [1.54, 1.807) is 55.6 Å². The molecule has 0 amide bonds. The summed E-state index contributed by atoms with van der Waals surface area (Å²) >= 11 is 12.4. The van der Waals surface area contributed by atoms with Crippen LogP contribution in [-0.2, 0) is 0 Å². The summed E-state index contributed by atoms with van der Waals surface area (Å²) in [5.74, 6) is 1.23. The lowest BCUT2D eigenvalue weighted by Gasteiger charge is -2.13. The van der Waals surface area contributed by atoms with Gasteiger partial charge in [-0.1, -0.05) is 35.3 Å². The largest absolute Gasteiger partial charge is 0.375 e. The van der Waals surface area contributed by atoms with E-state index in [1.165, 1.54) is 12.3 Å². The van der Waals surface area contributed by atoms with Crippen LogP contribution in [0.25, 0.3) is 22.6 Å². The average molecular weight is 459 g/mol. The average Bonchev–Trinajstić information content (AvgIpc) is 2.76. The Balaban J connectivity index is 1.91. The Kier molecular flexibility index (Phi) is 7.81. The molecular weight excluding hydrogens is 438 g/mol. The summed E-state index contributed by atoms with van der Waals surface area (Å²) in [6, 6.07) is 13.2. The van der Waals surface area contributed by atoms with E-state index in [1.807, 2.05) is 0 Å². The summed E-state index contributed by atoms with van der Waals surface area (Å²) in [5, 5.41) is 17.4. The van der Waals surface area contributed by atoms with E-state index in [4.69, 9.17) is 28.6 Å². The zero-order valence-corrected chi connectivity index (χ0v) is 18.2. The molecular formula is C22H21Cl2FN6. The first-order valence-electron chi connectivity index (χ1n) is 9.47. The number of rotatable bonds is 9. The van der Waals surface area contributed by atoms with Gasteiger partial charge in [0.2, 0.25) is 0 Å². The molecule has 2 aromatic carbocycles. The number of halogens is 3. The van der Waals surface area contributed by atoms with Crippen LogP contribution in [0.1, 0.15) is 0 Å². The lowest BCUT2D eigenvalue weighted by atomic mass is 10.1. The lowest BCUT2D eigenvalue weighted by molar-refractivity contribution is 0.630. The summed E-state index contributed by atoms with van der Waals surface area (Å²) < 4.78 is 14.4. The van der Waals surface area contributed by atoms with E-state index in [2.05, 4.69) is 25.9 Å². The van der Waals surface area contributed by atoms with Crippen molar-refractivity contribution in [1.29, 1.82) is 5.41 Å². The molecule has 6 nitrogen and oxygen atoms in total. The van der Waals surface area contributed by atoms with Crippen LogP contribution in [0.5, 0.6) is 0 Å². The second-order valence-corrected chi connectivity index (χ2v) is 7.26. The van der Waals surface area contributed by atoms with Gasteiger partial charge in [0.25, 0.3) is 0 Å². The van der Waals surface area contributed by atoms with Crippen molar-refractivity contribution in [3.8, 4) is 22.6 Å². The van der Waals surface area contributed by atoms with Gasteiger partial charge in [-0.15, -0.1) is 0 Å². The minimum absolute atomic E-state index is 0.359. The van der Waals surface area contributed by atoms with Crippen LogP contribution >= 0.6 is 23.2 Å². The van der Waals surface area contributed by atoms with Crippen LogP contribution in [0.15, 0.2) is 60.4 Å². The minimum Gasteiger partial charge on any atom is -0.375 e. The number of benzene rings is 2. The molecule has 160 valence electrons. The Hall–Kier alpha value is -3.16. The highest BCUT2D eigenvalue weighted by atomic mass is 35.5. The maximum Gasteiger partial charge on any atom is 0.163 e. The Labute approximate surface area is 190 Å². The quantitative estimate of drug-likeness (QED) is 0.268. The van der Waals surface area contributed by atoms with Gasteiger partial charge >= 0.3 is 0 Å². The molecule has 0 radical (unpaired) electrons. The molecule has 0 aliphatic carbocycles. The van der Waals surface area contributed by atoms with Crippen molar-refractivity contribution < 1.29 is 4.39 Å². The minimum atomic E-state index is -0.377. The van der Waals surface area contributed by atoms with Gasteiger partial charge in [0.15, 0.2) is 5.82 Å². The first kappa shape index (κ1) is 22.5. The zero-order chi connectivity index (χ0) is 22.2. The van der Waals surface area contributed by atoms with Crippen LogP contribution in [0, 0.1) is 11.2 Å². The number of allylic oxidation sites excluding steroid dienone is 1. The van der Waals surface area contributed by atoms with Crippen LogP contribution in [0.2, 0.25) is 10.0 Å². The van der Waals surface area contributed by atoms with Crippen molar-refractivity contribution in [1.82, 2.24) is 20.6 Å². The van der Waals surface area contributed by atoms with Gasteiger partial charge in [0, 0.05) is 48.6 Å². The van der Waals surface area contributed by atoms with E-state index in [9.17, 15) is 4.39 Å². The van der Waals surface area contributed by atoms with Crippen molar-refractivity contribution in [3.63, 3.8) is 0 Å². The third kappa shape index (κ3) is 5.93. The Morgan fingerprint density at radius 2 is 1.87 bits per heavy atom. The molecule has 0 aliphatic heterocycles. The Morgan fingerprint density at radius 3 is 2.58 bits per heavy atom. The maximum atomic E-state index is 14.4. The number of aromatic nitrogens is 2. The van der Waals surface area contributed by atoms with E-state index < -0.39 is 0 Å². The second kappa shape index (κ2) is 10.7. The topological polar surface area (TPSA) is 85.7 Å². The first-order valence-corrected chi connectivity index (χ1v) is 10.2. The summed E-state index contributed by atoms with van der Waals surface area (Å²) in [6.07, 6.45) is 2.81. The number of hydrogen-bond donors (Lipinski definition) is 4. The van der Waals surface area contributed by atoms with Gasteiger partial charge in [0.05, 0.1) is 16.5 Å². The second-order valence-electron chi connectivity index (χ2n) is 6.42. The van der Waals surface area contributed by atoms with Crippen molar-refractivity contribution >= 4 is 35.2 Å². The monoisotopic (exact) mass is 458 g/mol. The highest BCUT2D eigenvalue weighted by molar-refractivity contribution is 6.36. The van der Waals surface area contributed by atoms with Crippen molar-refractivity contribution in [2.24, 2.45) is 0 Å². The van der Waals surface area contributed by atoms with Crippen LogP contribution in [0.3, 0.4) is 0 Å². The summed E-state index contributed by atoms with van der Waals surface area (Å²) in [5.41, 5.74) is 1.39. The van der Waals surface area contributed by atoms with Gasteiger partial charge in [-0.25, -0.2) is 14.4 Å². The first-order chi connectivity index (χ1) is 15.0. The summed E-state index contributed by atoms with van der Waals surface area (Å²) in [6.45, 7) is 1.09. The lowest BCUT2D eigenvalue weighted by Crippen LogP contribution is -2.28. The predicted molar refractivity (Wildman–Crippen MR) is 125 cm³/mol. The van der Waals surface area contributed by atoms with Gasteiger partial charge in [-0.2, -0.15) is 0 Å². The van der Waals surface area contributed by atoms with Crippen molar-refractivity contribution in [2.45, 2.75) is 0 Å². The Morgan fingerprint density at radius 1 is 1.06 bits per heavy atom. The SMILES string of the molecule is CN/C(=C\C=N)NCCNc1cc(-c2ccccc2F)nc(-c2ccc(Cl)cc2Cl)n1. The molecule has 9 heteroatoms. The number of nitrogens with zero attached hydrogens (tertiary/aromatic N) is 2. The van der Waals surface area contributed by atoms with Crippen LogP contribution in [0.4, 0.5) is 10.2 Å². The molecule has 0 saturated carbocycles.